The Balaban J connectivity index is 1.91. The van der Waals surface area contributed by atoms with Crippen molar-refractivity contribution in [2.45, 2.75) is 12.5 Å². The molecule has 1 fully saturated rings. The van der Waals surface area contributed by atoms with Gasteiger partial charge in [0.1, 0.15) is 6.04 Å². The number of likely N-dealkylation sites (N-methyl/N-ethyl adjacent to an activating group) is 1. The molecule has 0 aromatic carbocycles. The van der Waals surface area contributed by atoms with Gasteiger partial charge >= 0.3 is 0 Å². The topological polar surface area (TPSA) is 23.8 Å². The summed E-state index contributed by atoms with van der Waals surface area (Å²) in [4.78, 5) is 4.56. The zero-order valence-corrected chi connectivity index (χ0v) is 13.7. The maximum Gasteiger partial charge on any atom is 0.151 e. The van der Waals surface area contributed by atoms with E-state index in [-0.39, 0.29) is 0 Å². The fourth-order valence-corrected chi connectivity index (χ4v) is 3.10. The number of fused-ring (bicyclic) bond motifs is 1. The summed E-state index contributed by atoms with van der Waals surface area (Å²) in [6.45, 7) is 2.19. The molecular weight excluding hydrogens is 262 g/mol. The quantitative estimate of drug-likeness (QED) is 0.803. The lowest BCUT2D eigenvalue weighted by Crippen LogP contribution is -2.46. The maximum atomic E-state index is 4.76. The minimum Gasteiger partial charge on any atom is -0.376 e. The fraction of sp³-hybridized carbons (Fsp3) is 0.562. The predicted molar refractivity (Wildman–Crippen MR) is 88.2 cm³/mol. The largest absolute Gasteiger partial charge is 0.376 e. The average Bonchev–Trinajstić information content (AvgIpc) is 3.03. The predicted octanol–water partition coefficient (Wildman–Crippen LogP) is 1.69. The van der Waals surface area contributed by atoms with Gasteiger partial charge in [-0.3, -0.25) is 0 Å². The van der Waals surface area contributed by atoms with Gasteiger partial charge in [-0.25, -0.2) is 4.52 Å². The minimum atomic E-state index is 0.683. The normalized spacial score (nSPS) is 19.5. The molecule has 1 unspecified atom stereocenters. The molecule has 1 aliphatic heterocycles. The molecule has 1 atom stereocenters. The Morgan fingerprint density at radius 3 is 2.67 bits per heavy atom. The number of hydrogen-bond donors (Lipinski definition) is 0. The van der Waals surface area contributed by atoms with E-state index >= 15 is 0 Å². The average molecular weight is 288 g/mol. The summed E-state index contributed by atoms with van der Waals surface area (Å²) in [6, 6.07) is 7.09. The SMILES string of the molecule is CN(C)c1cccn2nc(N3CCC([N+](C)(C)C)C3)cc12. The van der Waals surface area contributed by atoms with Crippen LogP contribution in [0.4, 0.5) is 11.5 Å². The monoisotopic (exact) mass is 288 g/mol. The van der Waals surface area contributed by atoms with Crippen LogP contribution in [0.25, 0.3) is 5.52 Å². The van der Waals surface area contributed by atoms with E-state index in [1.54, 1.807) is 0 Å². The maximum absolute atomic E-state index is 4.76. The second-order valence-electron chi connectivity index (χ2n) is 7.12. The highest BCUT2D eigenvalue weighted by atomic mass is 15.4. The number of nitrogens with zero attached hydrogens (tertiary/aromatic N) is 5. The van der Waals surface area contributed by atoms with Crippen LogP contribution < -0.4 is 9.80 Å². The highest BCUT2D eigenvalue weighted by Crippen LogP contribution is 2.27. The van der Waals surface area contributed by atoms with Crippen LogP contribution in [0.5, 0.6) is 0 Å². The third kappa shape index (κ3) is 2.58. The van der Waals surface area contributed by atoms with Crippen molar-refractivity contribution in [3.05, 3.63) is 24.4 Å². The van der Waals surface area contributed by atoms with Crippen LogP contribution in [0.3, 0.4) is 0 Å². The van der Waals surface area contributed by atoms with Crippen LogP contribution in [0, 0.1) is 0 Å². The molecule has 2 aromatic rings. The number of quaternary nitrogens is 1. The molecule has 114 valence electrons. The standard InChI is InChI=1S/C16H26N5/c1-18(2)14-7-6-9-20-15(14)11-16(17-20)19-10-8-13(12-19)21(3,4)5/h6-7,9,11,13H,8,10,12H2,1-5H3/q+1. The molecule has 0 aliphatic carbocycles. The van der Waals surface area contributed by atoms with Gasteiger partial charge in [0.25, 0.3) is 0 Å². The molecular formula is C16H26N5+. The van der Waals surface area contributed by atoms with Crippen LogP contribution in [-0.4, -0.2) is 68.5 Å². The number of hydrogen-bond acceptors (Lipinski definition) is 3. The van der Waals surface area contributed by atoms with Gasteiger partial charge < -0.3 is 14.3 Å². The van der Waals surface area contributed by atoms with Crippen LogP contribution in [0.1, 0.15) is 6.42 Å². The summed E-state index contributed by atoms with van der Waals surface area (Å²) < 4.78 is 3.01. The van der Waals surface area contributed by atoms with Crippen LogP contribution in [0.2, 0.25) is 0 Å². The molecule has 0 radical (unpaired) electrons. The summed E-state index contributed by atoms with van der Waals surface area (Å²) in [7, 11) is 11.0. The van der Waals surface area contributed by atoms with Gasteiger partial charge in [0.05, 0.1) is 38.9 Å². The summed E-state index contributed by atoms with van der Waals surface area (Å²) in [6.07, 6.45) is 3.26. The first-order valence-corrected chi connectivity index (χ1v) is 7.58. The Hall–Kier alpha value is -1.75. The van der Waals surface area contributed by atoms with E-state index in [2.05, 4.69) is 63.2 Å². The lowest BCUT2D eigenvalue weighted by molar-refractivity contribution is -0.893. The van der Waals surface area contributed by atoms with Crippen molar-refractivity contribution >= 4 is 17.0 Å². The van der Waals surface area contributed by atoms with Gasteiger partial charge in [0.2, 0.25) is 0 Å². The van der Waals surface area contributed by atoms with Crippen molar-refractivity contribution < 1.29 is 4.48 Å². The van der Waals surface area contributed by atoms with Gasteiger partial charge in [0.15, 0.2) is 5.82 Å². The van der Waals surface area contributed by atoms with E-state index in [9.17, 15) is 0 Å². The molecule has 0 amide bonds. The Morgan fingerprint density at radius 2 is 2.05 bits per heavy atom. The third-order valence-electron chi connectivity index (χ3n) is 4.53. The van der Waals surface area contributed by atoms with Crippen LogP contribution >= 0.6 is 0 Å². The van der Waals surface area contributed by atoms with Crippen molar-refractivity contribution in [3.8, 4) is 0 Å². The van der Waals surface area contributed by atoms with E-state index in [0.29, 0.717) is 6.04 Å². The molecule has 5 heteroatoms. The molecule has 0 saturated carbocycles. The molecule has 21 heavy (non-hydrogen) atoms. The number of aromatic nitrogens is 2. The fourth-order valence-electron chi connectivity index (χ4n) is 3.10. The van der Waals surface area contributed by atoms with Gasteiger partial charge in [0, 0.05) is 39.3 Å². The Kier molecular flexibility index (Phi) is 3.32. The van der Waals surface area contributed by atoms with Crippen LogP contribution in [0.15, 0.2) is 24.4 Å². The third-order valence-corrected chi connectivity index (χ3v) is 4.53. The summed E-state index contributed by atoms with van der Waals surface area (Å²) >= 11 is 0. The van der Waals surface area contributed by atoms with Crippen molar-refractivity contribution in [1.82, 2.24) is 9.61 Å². The van der Waals surface area contributed by atoms with Gasteiger partial charge in [-0.05, 0) is 12.1 Å². The lowest BCUT2D eigenvalue weighted by atomic mass is 10.2. The first-order chi connectivity index (χ1) is 9.86. The zero-order chi connectivity index (χ0) is 15.2. The lowest BCUT2D eigenvalue weighted by Gasteiger charge is -2.31. The van der Waals surface area contributed by atoms with E-state index in [0.717, 1.165) is 23.4 Å². The smallest absolute Gasteiger partial charge is 0.151 e. The second-order valence-corrected chi connectivity index (χ2v) is 7.12. The molecule has 1 aliphatic rings. The van der Waals surface area contributed by atoms with E-state index in [1.807, 2.05) is 10.7 Å². The molecule has 0 N–H and O–H groups in total. The number of pyridine rings is 1. The first-order valence-electron chi connectivity index (χ1n) is 7.58. The van der Waals surface area contributed by atoms with Crippen LogP contribution in [-0.2, 0) is 0 Å². The summed E-state index contributed by atoms with van der Waals surface area (Å²) in [5.74, 6) is 1.10. The molecule has 2 aromatic heterocycles. The molecule has 1 saturated heterocycles. The molecule has 0 spiro atoms. The Bertz CT molecular complexity index is 638. The van der Waals surface area contributed by atoms with Crippen molar-refractivity contribution in [3.63, 3.8) is 0 Å². The number of anilines is 2. The highest BCUT2D eigenvalue weighted by molar-refractivity contribution is 5.75. The summed E-state index contributed by atoms with van der Waals surface area (Å²) in [5, 5.41) is 4.76. The van der Waals surface area contributed by atoms with Crippen molar-refractivity contribution in [1.29, 1.82) is 0 Å². The van der Waals surface area contributed by atoms with Crippen molar-refractivity contribution in [2.75, 3.05) is 58.1 Å². The van der Waals surface area contributed by atoms with E-state index in [4.69, 9.17) is 5.10 Å². The Morgan fingerprint density at radius 1 is 1.29 bits per heavy atom. The zero-order valence-electron chi connectivity index (χ0n) is 13.7. The number of rotatable bonds is 3. The van der Waals surface area contributed by atoms with Gasteiger partial charge in [-0.1, -0.05) is 0 Å². The van der Waals surface area contributed by atoms with Gasteiger partial charge in [-0.2, -0.15) is 5.10 Å². The molecule has 0 bridgehead atoms. The van der Waals surface area contributed by atoms with Crippen molar-refractivity contribution in [2.24, 2.45) is 0 Å². The molecule has 5 nitrogen and oxygen atoms in total. The second kappa shape index (κ2) is 4.91. The molecule has 3 heterocycles. The molecule has 3 rings (SSSR count). The van der Waals surface area contributed by atoms with E-state index < -0.39 is 0 Å². The highest BCUT2D eigenvalue weighted by Gasteiger charge is 2.33. The Labute approximate surface area is 127 Å². The minimum absolute atomic E-state index is 0.683. The first kappa shape index (κ1) is 14.2. The van der Waals surface area contributed by atoms with Gasteiger partial charge in [-0.15, -0.1) is 0 Å². The van der Waals surface area contributed by atoms with E-state index in [1.165, 1.54) is 17.6 Å². The summed E-state index contributed by atoms with van der Waals surface area (Å²) in [5.41, 5.74) is 2.38.